The third kappa shape index (κ3) is 7.36. The highest BCUT2D eigenvalue weighted by Crippen LogP contribution is 2.26. The van der Waals surface area contributed by atoms with Gasteiger partial charge in [0.05, 0.1) is 10.6 Å². The van der Waals surface area contributed by atoms with Gasteiger partial charge in [0.25, 0.3) is 10.0 Å². The molecule has 4 rings (SSSR count). The van der Waals surface area contributed by atoms with Crippen LogP contribution < -0.4 is 9.62 Å². The third-order valence-corrected chi connectivity index (χ3v) is 9.40. The lowest BCUT2D eigenvalue weighted by Gasteiger charge is -2.32. The molecule has 1 fully saturated rings. The number of anilines is 1. The molecular formula is C30H33Cl2N3O4S. The van der Waals surface area contributed by atoms with Crippen LogP contribution in [0, 0.1) is 6.92 Å². The maximum absolute atomic E-state index is 14.0. The SMILES string of the molecule is Cc1cccc(N(CC(=O)N(Cc2ccc(Cl)cc2)[C@H](C)C(=O)NC2CCCC2)S(=O)(=O)c2ccc(Cl)cc2)c1. The lowest BCUT2D eigenvalue weighted by molar-refractivity contribution is -0.139. The van der Waals surface area contributed by atoms with E-state index >= 15 is 0 Å². The molecule has 3 aromatic carbocycles. The Labute approximate surface area is 246 Å². The maximum Gasteiger partial charge on any atom is 0.264 e. The standard InChI is InChI=1S/C30H33Cl2N3O4S/c1-21-6-5-9-27(18-21)35(40(38,39)28-16-14-25(32)15-17-28)20-29(36)34(19-23-10-12-24(31)13-11-23)22(2)30(37)33-26-7-3-4-8-26/h5-6,9-18,22,26H,3-4,7-8,19-20H2,1-2H3,(H,33,37)/t22-/m1/s1. The van der Waals surface area contributed by atoms with E-state index in [1.54, 1.807) is 49.4 Å². The Kier molecular flexibility index (Phi) is 9.77. The van der Waals surface area contributed by atoms with Crippen molar-refractivity contribution in [3.8, 4) is 0 Å². The Morgan fingerprint density at radius 2 is 1.55 bits per heavy atom. The molecule has 212 valence electrons. The van der Waals surface area contributed by atoms with Crippen molar-refractivity contribution < 1.29 is 18.0 Å². The fourth-order valence-electron chi connectivity index (χ4n) is 4.81. The van der Waals surface area contributed by atoms with E-state index in [-0.39, 0.29) is 23.4 Å². The third-order valence-electron chi connectivity index (χ3n) is 7.11. The van der Waals surface area contributed by atoms with Crippen LogP contribution in [0.2, 0.25) is 10.0 Å². The first-order valence-corrected chi connectivity index (χ1v) is 15.4. The molecule has 0 radical (unpaired) electrons. The number of rotatable bonds is 10. The average molecular weight is 603 g/mol. The van der Waals surface area contributed by atoms with Crippen LogP contribution in [-0.4, -0.2) is 43.8 Å². The van der Waals surface area contributed by atoms with Gasteiger partial charge in [0, 0.05) is 22.6 Å². The van der Waals surface area contributed by atoms with Gasteiger partial charge in [0.2, 0.25) is 11.8 Å². The normalized spacial score (nSPS) is 14.5. The van der Waals surface area contributed by atoms with Gasteiger partial charge in [-0.05, 0) is 86.3 Å². The van der Waals surface area contributed by atoms with Gasteiger partial charge in [-0.1, -0.05) is 60.3 Å². The molecule has 40 heavy (non-hydrogen) atoms. The minimum atomic E-state index is -4.15. The summed E-state index contributed by atoms with van der Waals surface area (Å²) in [6.07, 6.45) is 3.93. The first kappa shape index (κ1) is 29.9. The Bertz CT molecular complexity index is 1440. The molecule has 1 saturated carbocycles. The zero-order chi connectivity index (χ0) is 28.9. The van der Waals surface area contributed by atoms with Gasteiger partial charge < -0.3 is 10.2 Å². The summed E-state index contributed by atoms with van der Waals surface area (Å²) in [6, 6.07) is 19.0. The molecular weight excluding hydrogens is 569 g/mol. The second-order valence-electron chi connectivity index (χ2n) is 10.1. The summed E-state index contributed by atoms with van der Waals surface area (Å²) in [4.78, 5) is 28.7. The molecule has 0 heterocycles. The molecule has 0 spiro atoms. The molecule has 1 atom stereocenters. The average Bonchev–Trinajstić information content (AvgIpc) is 3.44. The van der Waals surface area contributed by atoms with Crippen LogP contribution in [0.5, 0.6) is 0 Å². The summed E-state index contributed by atoms with van der Waals surface area (Å²) in [5, 5.41) is 4.01. The zero-order valence-corrected chi connectivity index (χ0v) is 24.8. The molecule has 0 bridgehead atoms. The molecule has 2 amide bonds. The Hall–Kier alpha value is -3.07. The van der Waals surface area contributed by atoms with E-state index in [1.807, 2.05) is 13.0 Å². The molecule has 1 aliphatic rings. The topological polar surface area (TPSA) is 86.8 Å². The second kappa shape index (κ2) is 13.1. The lowest BCUT2D eigenvalue weighted by atomic mass is 10.1. The highest BCUT2D eigenvalue weighted by molar-refractivity contribution is 7.92. The summed E-state index contributed by atoms with van der Waals surface area (Å²) in [5.41, 5.74) is 1.95. The van der Waals surface area contributed by atoms with Crippen LogP contribution in [0.4, 0.5) is 5.69 Å². The Balaban J connectivity index is 1.68. The summed E-state index contributed by atoms with van der Waals surface area (Å²) in [5.74, 6) is -0.778. The number of halogens is 2. The number of carbonyl (C=O) groups excluding carboxylic acids is 2. The fraction of sp³-hybridized carbons (Fsp3) is 0.333. The van der Waals surface area contributed by atoms with Crippen LogP contribution in [0.1, 0.15) is 43.7 Å². The van der Waals surface area contributed by atoms with Crippen LogP contribution in [0.15, 0.2) is 77.7 Å². The van der Waals surface area contributed by atoms with Gasteiger partial charge >= 0.3 is 0 Å². The van der Waals surface area contributed by atoms with Gasteiger partial charge in [0.1, 0.15) is 12.6 Å². The van der Waals surface area contributed by atoms with E-state index in [9.17, 15) is 18.0 Å². The number of nitrogens with zero attached hydrogens (tertiary/aromatic N) is 2. The van der Waals surface area contributed by atoms with Crippen molar-refractivity contribution in [2.45, 2.75) is 63.1 Å². The van der Waals surface area contributed by atoms with Crippen molar-refractivity contribution >= 4 is 50.7 Å². The quantitative estimate of drug-likeness (QED) is 0.310. The Morgan fingerprint density at radius 3 is 2.15 bits per heavy atom. The molecule has 0 aromatic heterocycles. The number of hydrogen-bond acceptors (Lipinski definition) is 4. The first-order valence-electron chi connectivity index (χ1n) is 13.2. The minimum Gasteiger partial charge on any atom is -0.352 e. The van der Waals surface area contributed by atoms with Gasteiger partial charge in [0.15, 0.2) is 0 Å². The molecule has 3 aromatic rings. The van der Waals surface area contributed by atoms with Gasteiger partial charge in [-0.2, -0.15) is 0 Å². The van der Waals surface area contributed by atoms with Gasteiger partial charge in [-0.15, -0.1) is 0 Å². The molecule has 0 unspecified atom stereocenters. The summed E-state index contributed by atoms with van der Waals surface area (Å²) >= 11 is 12.1. The van der Waals surface area contributed by atoms with E-state index in [0.29, 0.717) is 15.7 Å². The maximum atomic E-state index is 14.0. The molecule has 1 aliphatic carbocycles. The smallest absolute Gasteiger partial charge is 0.264 e. The first-order chi connectivity index (χ1) is 19.0. The van der Waals surface area contributed by atoms with Crippen LogP contribution in [0.25, 0.3) is 0 Å². The number of amides is 2. The number of carbonyl (C=O) groups is 2. The van der Waals surface area contributed by atoms with E-state index in [4.69, 9.17) is 23.2 Å². The van der Waals surface area contributed by atoms with Crippen molar-refractivity contribution in [3.63, 3.8) is 0 Å². The summed E-state index contributed by atoms with van der Waals surface area (Å²) < 4.78 is 28.8. The van der Waals surface area contributed by atoms with Gasteiger partial charge in [-0.3, -0.25) is 13.9 Å². The van der Waals surface area contributed by atoms with Gasteiger partial charge in [-0.25, -0.2) is 8.42 Å². The number of aryl methyl sites for hydroxylation is 1. The monoisotopic (exact) mass is 601 g/mol. The summed E-state index contributed by atoms with van der Waals surface area (Å²) in [6.45, 7) is 3.13. The Morgan fingerprint density at radius 1 is 0.950 bits per heavy atom. The molecule has 7 nitrogen and oxygen atoms in total. The second-order valence-corrected chi connectivity index (χ2v) is 12.9. The van der Waals surface area contributed by atoms with Crippen LogP contribution >= 0.6 is 23.2 Å². The van der Waals surface area contributed by atoms with Crippen LogP contribution in [0.3, 0.4) is 0 Å². The number of sulfonamides is 1. The largest absolute Gasteiger partial charge is 0.352 e. The van der Waals surface area contributed by atoms with E-state index < -0.39 is 28.5 Å². The number of benzene rings is 3. The fourth-order valence-corrected chi connectivity index (χ4v) is 6.46. The van der Waals surface area contributed by atoms with Crippen LogP contribution in [-0.2, 0) is 26.2 Å². The zero-order valence-electron chi connectivity index (χ0n) is 22.5. The van der Waals surface area contributed by atoms with E-state index in [2.05, 4.69) is 5.32 Å². The van der Waals surface area contributed by atoms with Crippen molar-refractivity contribution in [3.05, 3.63) is 94.0 Å². The summed E-state index contributed by atoms with van der Waals surface area (Å²) in [7, 11) is -4.15. The number of nitrogens with one attached hydrogen (secondary N) is 1. The van der Waals surface area contributed by atoms with Crippen molar-refractivity contribution in [1.29, 1.82) is 0 Å². The minimum absolute atomic E-state index is 0.00230. The predicted molar refractivity (Wildman–Crippen MR) is 159 cm³/mol. The van der Waals surface area contributed by atoms with Crippen molar-refractivity contribution in [2.75, 3.05) is 10.8 Å². The van der Waals surface area contributed by atoms with Crippen molar-refractivity contribution in [1.82, 2.24) is 10.2 Å². The lowest BCUT2D eigenvalue weighted by Crippen LogP contribution is -2.52. The predicted octanol–water partition coefficient (Wildman–Crippen LogP) is 5.97. The van der Waals surface area contributed by atoms with Crippen molar-refractivity contribution in [2.24, 2.45) is 0 Å². The molecule has 0 saturated heterocycles. The number of hydrogen-bond donors (Lipinski definition) is 1. The highest BCUT2D eigenvalue weighted by atomic mass is 35.5. The van der Waals surface area contributed by atoms with E-state index in [1.165, 1.54) is 29.2 Å². The van der Waals surface area contributed by atoms with E-state index in [0.717, 1.165) is 41.1 Å². The molecule has 1 N–H and O–H groups in total. The molecule has 0 aliphatic heterocycles. The highest BCUT2D eigenvalue weighted by Gasteiger charge is 2.33. The molecule has 10 heteroatoms.